The van der Waals surface area contributed by atoms with Crippen LogP contribution < -0.4 is 4.90 Å². The van der Waals surface area contributed by atoms with Crippen LogP contribution in [-0.4, -0.2) is 46.5 Å². The van der Waals surface area contributed by atoms with Crippen LogP contribution in [0.4, 0.5) is 5.82 Å². The van der Waals surface area contributed by atoms with E-state index in [4.69, 9.17) is 9.97 Å². The zero-order chi connectivity index (χ0) is 18.1. The highest BCUT2D eigenvalue weighted by Crippen LogP contribution is 2.40. The first-order valence-corrected chi connectivity index (χ1v) is 9.94. The van der Waals surface area contributed by atoms with Crippen LogP contribution in [0.5, 0.6) is 0 Å². The van der Waals surface area contributed by atoms with Crippen LogP contribution in [0.2, 0.25) is 0 Å². The number of carbonyl (C=O) groups excluding carboxylic acids is 1. The number of para-hydroxylation sites is 1. The number of hydrogen-bond donors (Lipinski definition) is 0. The first-order valence-electron chi connectivity index (χ1n) is 9.94. The fourth-order valence-corrected chi connectivity index (χ4v) is 3.77. The SMILES string of the molecule is CC(C)N(CCC(=O)N1CCCC1)c1nc(C2CC2)nc2ccccc12. The minimum atomic E-state index is 0.272. The van der Waals surface area contributed by atoms with Crippen LogP contribution in [0, 0.1) is 0 Å². The summed E-state index contributed by atoms with van der Waals surface area (Å²) in [6.45, 7) is 6.89. The molecule has 1 aromatic carbocycles. The van der Waals surface area contributed by atoms with Gasteiger partial charge >= 0.3 is 0 Å². The van der Waals surface area contributed by atoms with Crippen LogP contribution in [0.25, 0.3) is 10.9 Å². The number of rotatable bonds is 6. The molecule has 4 rings (SSSR count). The predicted molar refractivity (Wildman–Crippen MR) is 104 cm³/mol. The Kier molecular flexibility index (Phi) is 4.79. The van der Waals surface area contributed by atoms with Crippen molar-refractivity contribution in [2.24, 2.45) is 0 Å². The number of aromatic nitrogens is 2. The van der Waals surface area contributed by atoms with Crippen molar-refractivity contribution in [1.82, 2.24) is 14.9 Å². The van der Waals surface area contributed by atoms with Gasteiger partial charge in [-0.2, -0.15) is 0 Å². The molecular weight excluding hydrogens is 324 g/mol. The van der Waals surface area contributed by atoms with Gasteiger partial charge in [-0.15, -0.1) is 0 Å². The lowest BCUT2D eigenvalue weighted by Gasteiger charge is -2.29. The molecule has 1 aliphatic carbocycles. The molecule has 0 unspecified atom stereocenters. The number of hydrogen-bond acceptors (Lipinski definition) is 4. The second kappa shape index (κ2) is 7.22. The molecule has 1 saturated heterocycles. The third-order valence-corrected chi connectivity index (χ3v) is 5.46. The van der Waals surface area contributed by atoms with Crippen molar-refractivity contribution in [3.8, 4) is 0 Å². The second-order valence-electron chi connectivity index (χ2n) is 7.82. The van der Waals surface area contributed by atoms with Gasteiger partial charge in [-0.1, -0.05) is 12.1 Å². The molecule has 0 N–H and O–H groups in total. The maximum atomic E-state index is 12.5. The molecule has 1 aliphatic heterocycles. The van der Waals surface area contributed by atoms with Gasteiger partial charge in [-0.25, -0.2) is 9.97 Å². The molecule has 138 valence electrons. The van der Waals surface area contributed by atoms with Crippen LogP contribution in [0.3, 0.4) is 0 Å². The summed E-state index contributed by atoms with van der Waals surface area (Å²) in [6, 6.07) is 8.53. The van der Waals surface area contributed by atoms with Gasteiger partial charge in [0.15, 0.2) is 0 Å². The van der Waals surface area contributed by atoms with E-state index in [0.29, 0.717) is 18.9 Å². The Bertz CT molecular complexity index is 794. The summed E-state index contributed by atoms with van der Waals surface area (Å²) in [4.78, 5) is 26.5. The average Bonchev–Trinajstić information content (AvgIpc) is 3.35. The Morgan fingerprint density at radius 3 is 2.62 bits per heavy atom. The first kappa shape index (κ1) is 17.3. The quantitative estimate of drug-likeness (QED) is 0.795. The van der Waals surface area contributed by atoms with Crippen molar-refractivity contribution in [2.45, 2.75) is 57.9 Å². The molecule has 1 aromatic heterocycles. The zero-order valence-electron chi connectivity index (χ0n) is 15.8. The molecule has 0 bridgehead atoms. The Balaban J connectivity index is 1.62. The second-order valence-corrected chi connectivity index (χ2v) is 7.82. The van der Waals surface area contributed by atoms with Crippen LogP contribution in [-0.2, 0) is 4.79 Å². The molecule has 0 radical (unpaired) electrons. The van der Waals surface area contributed by atoms with Gasteiger partial charge in [-0.05, 0) is 51.7 Å². The molecule has 5 heteroatoms. The molecule has 2 fully saturated rings. The summed E-state index contributed by atoms with van der Waals surface area (Å²) in [7, 11) is 0. The molecule has 0 atom stereocenters. The lowest BCUT2D eigenvalue weighted by atomic mass is 10.1. The Morgan fingerprint density at radius 1 is 1.19 bits per heavy atom. The lowest BCUT2D eigenvalue weighted by molar-refractivity contribution is -0.129. The summed E-state index contributed by atoms with van der Waals surface area (Å²) < 4.78 is 0. The number of fused-ring (bicyclic) bond motifs is 1. The van der Waals surface area contributed by atoms with E-state index in [1.54, 1.807) is 0 Å². The third kappa shape index (κ3) is 3.53. The van der Waals surface area contributed by atoms with Gasteiger partial charge in [0.05, 0.1) is 5.52 Å². The summed E-state index contributed by atoms with van der Waals surface area (Å²) in [5.74, 6) is 2.74. The highest BCUT2D eigenvalue weighted by atomic mass is 16.2. The van der Waals surface area contributed by atoms with E-state index in [2.05, 4.69) is 30.9 Å². The Morgan fingerprint density at radius 2 is 1.92 bits per heavy atom. The Hall–Kier alpha value is -2.17. The maximum Gasteiger partial charge on any atom is 0.224 e. The van der Waals surface area contributed by atoms with Gasteiger partial charge in [0.1, 0.15) is 11.6 Å². The summed E-state index contributed by atoms with van der Waals surface area (Å²) in [6.07, 6.45) is 5.21. The van der Waals surface area contributed by atoms with Crippen molar-refractivity contribution in [1.29, 1.82) is 0 Å². The zero-order valence-corrected chi connectivity index (χ0v) is 15.8. The predicted octanol–water partition coefficient (Wildman–Crippen LogP) is 3.73. The van der Waals surface area contributed by atoms with E-state index < -0.39 is 0 Å². The first-order chi connectivity index (χ1) is 12.6. The number of nitrogens with zero attached hydrogens (tertiary/aromatic N) is 4. The van der Waals surface area contributed by atoms with Gasteiger partial charge in [-0.3, -0.25) is 4.79 Å². The van der Waals surface area contributed by atoms with E-state index in [1.165, 1.54) is 12.8 Å². The fraction of sp³-hybridized carbons (Fsp3) is 0.571. The molecule has 5 nitrogen and oxygen atoms in total. The third-order valence-electron chi connectivity index (χ3n) is 5.46. The van der Waals surface area contributed by atoms with Crippen molar-refractivity contribution in [2.75, 3.05) is 24.5 Å². The number of benzene rings is 1. The Labute approximate surface area is 155 Å². The van der Waals surface area contributed by atoms with Crippen molar-refractivity contribution < 1.29 is 4.79 Å². The van der Waals surface area contributed by atoms with Gasteiger partial charge in [0, 0.05) is 43.4 Å². The molecule has 2 aromatic rings. The van der Waals surface area contributed by atoms with Crippen LogP contribution >= 0.6 is 0 Å². The standard InChI is InChI=1S/C21H28N4O/c1-15(2)25(14-11-19(26)24-12-5-6-13-24)21-17-7-3-4-8-18(17)22-20(23-21)16-9-10-16/h3-4,7-8,15-16H,5-6,9-14H2,1-2H3. The number of carbonyl (C=O) groups is 1. The van der Waals surface area contributed by atoms with Gasteiger partial charge < -0.3 is 9.80 Å². The van der Waals surface area contributed by atoms with E-state index in [1.807, 2.05) is 17.0 Å². The highest BCUT2D eigenvalue weighted by Gasteiger charge is 2.29. The maximum absolute atomic E-state index is 12.5. The normalized spacial score (nSPS) is 17.3. The van der Waals surface area contributed by atoms with Crippen molar-refractivity contribution in [3.05, 3.63) is 30.1 Å². The molecule has 1 amide bonds. The smallest absolute Gasteiger partial charge is 0.224 e. The van der Waals surface area contributed by atoms with Crippen LogP contribution in [0.1, 0.15) is 57.7 Å². The average molecular weight is 352 g/mol. The van der Waals surface area contributed by atoms with Gasteiger partial charge in [0.2, 0.25) is 5.91 Å². The highest BCUT2D eigenvalue weighted by molar-refractivity contribution is 5.90. The minimum absolute atomic E-state index is 0.272. The monoisotopic (exact) mass is 352 g/mol. The summed E-state index contributed by atoms with van der Waals surface area (Å²) in [5.41, 5.74) is 1.01. The molecule has 1 saturated carbocycles. The van der Waals surface area contributed by atoms with E-state index in [9.17, 15) is 4.79 Å². The van der Waals surface area contributed by atoms with Crippen LogP contribution in [0.15, 0.2) is 24.3 Å². The largest absolute Gasteiger partial charge is 0.353 e. The fourth-order valence-electron chi connectivity index (χ4n) is 3.77. The number of anilines is 1. The van der Waals surface area contributed by atoms with E-state index >= 15 is 0 Å². The number of amides is 1. The van der Waals surface area contributed by atoms with E-state index in [-0.39, 0.29) is 11.9 Å². The minimum Gasteiger partial charge on any atom is -0.353 e. The molecule has 0 spiro atoms. The topological polar surface area (TPSA) is 49.3 Å². The summed E-state index contributed by atoms with van der Waals surface area (Å²) in [5, 5.41) is 1.08. The van der Waals surface area contributed by atoms with Gasteiger partial charge in [0.25, 0.3) is 0 Å². The molecule has 26 heavy (non-hydrogen) atoms. The van der Waals surface area contributed by atoms with Crippen molar-refractivity contribution >= 4 is 22.6 Å². The molecular formula is C21H28N4O. The number of likely N-dealkylation sites (tertiary alicyclic amines) is 1. The van der Waals surface area contributed by atoms with E-state index in [0.717, 1.165) is 48.5 Å². The molecule has 2 heterocycles. The van der Waals surface area contributed by atoms with Crippen molar-refractivity contribution in [3.63, 3.8) is 0 Å². The summed E-state index contributed by atoms with van der Waals surface area (Å²) >= 11 is 0. The lowest BCUT2D eigenvalue weighted by Crippen LogP contribution is -2.37. The molecule has 2 aliphatic rings.